The molecule has 0 aliphatic carbocycles. The number of ketones is 1. The summed E-state index contributed by atoms with van der Waals surface area (Å²) in [5.41, 5.74) is 5.02. The standard InChI is InChI=1S/C34H32ClFN4O2/c1-23-9-12-29(13-10-23)40-34(30-21-26(35)11-18-32(30)42-22-25-7-3-4-8-31(25)36)39(33(37-40)24(2)41)28-16-14-27(15-17-28)38-19-5-6-20-38/h3-4,7-18,21,34H,5-6,19-20,22H2,1-2H3/t34-/m1/s1. The predicted octanol–water partition coefficient (Wildman–Crippen LogP) is 7.89. The third-order valence-corrected chi connectivity index (χ3v) is 7.95. The molecule has 0 amide bonds. The molecular formula is C34H32ClFN4O2. The Labute approximate surface area is 250 Å². The van der Waals surface area contributed by atoms with Crippen molar-refractivity contribution in [3.8, 4) is 5.75 Å². The molecule has 0 saturated carbocycles. The number of ether oxygens (including phenoxy) is 1. The van der Waals surface area contributed by atoms with Crippen molar-refractivity contribution in [2.45, 2.75) is 39.5 Å². The van der Waals surface area contributed by atoms with Crippen LogP contribution in [0.4, 0.5) is 21.5 Å². The number of halogens is 2. The number of rotatable bonds is 8. The van der Waals surface area contributed by atoms with E-state index in [1.165, 1.54) is 25.8 Å². The molecule has 6 nitrogen and oxygen atoms in total. The second kappa shape index (κ2) is 11.9. The lowest BCUT2D eigenvalue weighted by Gasteiger charge is -2.33. The van der Waals surface area contributed by atoms with Crippen molar-refractivity contribution >= 4 is 40.3 Å². The van der Waals surface area contributed by atoms with Gasteiger partial charge in [0, 0.05) is 47.5 Å². The van der Waals surface area contributed by atoms with Crippen LogP contribution in [-0.2, 0) is 11.4 Å². The van der Waals surface area contributed by atoms with Crippen LogP contribution in [0, 0.1) is 12.7 Å². The van der Waals surface area contributed by atoms with Crippen LogP contribution in [0.2, 0.25) is 5.02 Å². The van der Waals surface area contributed by atoms with E-state index < -0.39 is 6.17 Å². The van der Waals surface area contributed by atoms with Gasteiger partial charge in [-0.1, -0.05) is 47.5 Å². The third kappa shape index (κ3) is 5.57. The Morgan fingerprint density at radius 1 is 0.929 bits per heavy atom. The monoisotopic (exact) mass is 582 g/mol. The smallest absolute Gasteiger partial charge is 0.198 e. The minimum atomic E-state index is -0.599. The van der Waals surface area contributed by atoms with Gasteiger partial charge in [0.25, 0.3) is 0 Å². The lowest BCUT2D eigenvalue weighted by atomic mass is 10.1. The Bertz CT molecular complexity index is 1620. The summed E-state index contributed by atoms with van der Waals surface area (Å²) in [4.78, 5) is 17.4. The van der Waals surface area contributed by atoms with Gasteiger partial charge in [0.05, 0.1) is 5.69 Å². The molecule has 2 aliphatic rings. The maximum absolute atomic E-state index is 14.5. The molecule has 1 saturated heterocycles. The number of aryl methyl sites for hydroxylation is 1. The van der Waals surface area contributed by atoms with E-state index in [2.05, 4.69) is 17.0 Å². The zero-order valence-electron chi connectivity index (χ0n) is 23.6. The van der Waals surface area contributed by atoms with E-state index in [9.17, 15) is 9.18 Å². The largest absolute Gasteiger partial charge is 0.488 e. The lowest BCUT2D eigenvalue weighted by Crippen LogP contribution is -2.38. The van der Waals surface area contributed by atoms with Crippen LogP contribution in [0.3, 0.4) is 0 Å². The second-order valence-corrected chi connectivity index (χ2v) is 11.1. The molecule has 8 heteroatoms. The van der Waals surface area contributed by atoms with E-state index >= 15 is 0 Å². The van der Waals surface area contributed by atoms with Gasteiger partial charge in [-0.3, -0.25) is 9.69 Å². The van der Waals surface area contributed by atoms with Gasteiger partial charge in [0.15, 0.2) is 17.8 Å². The zero-order chi connectivity index (χ0) is 29.2. The van der Waals surface area contributed by atoms with Crippen molar-refractivity contribution in [1.29, 1.82) is 0 Å². The highest BCUT2D eigenvalue weighted by molar-refractivity contribution is 6.44. The molecule has 0 N–H and O–H groups in total. The number of Topliss-reactive ketones (excluding diaryl/α,β-unsaturated/α-hetero) is 1. The summed E-state index contributed by atoms with van der Waals surface area (Å²) in [6.07, 6.45) is 1.78. The Balaban J connectivity index is 1.45. The summed E-state index contributed by atoms with van der Waals surface area (Å²) in [5.74, 6) is 0.309. The Morgan fingerprint density at radius 2 is 1.60 bits per heavy atom. The van der Waals surface area contributed by atoms with E-state index in [0.717, 1.165) is 35.7 Å². The summed E-state index contributed by atoms with van der Waals surface area (Å²) in [5, 5.41) is 7.20. The summed E-state index contributed by atoms with van der Waals surface area (Å²) in [7, 11) is 0. The van der Waals surface area contributed by atoms with Gasteiger partial charge in [-0.25, -0.2) is 9.40 Å². The quantitative estimate of drug-likeness (QED) is 0.211. The number of hydrogen-bond donors (Lipinski definition) is 0. The fourth-order valence-corrected chi connectivity index (χ4v) is 5.70. The van der Waals surface area contributed by atoms with Crippen LogP contribution in [0.15, 0.2) is 96.1 Å². The fourth-order valence-electron chi connectivity index (χ4n) is 5.52. The van der Waals surface area contributed by atoms with Crippen molar-refractivity contribution in [2.75, 3.05) is 27.9 Å². The van der Waals surface area contributed by atoms with Crippen LogP contribution in [0.1, 0.15) is 42.6 Å². The van der Waals surface area contributed by atoms with E-state index in [1.807, 2.05) is 59.3 Å². The molecule has 0 spiro atoms. The maximum atomic E-state index is 14.5. The number of carbonyl (C=O) groups is 1. The van der Waals surface area contributed by atoms with Gasteiger partial charge in [0.1, 0.15) is 18.2 Å². The molecule has 214 valence electrons. The van der Waals surface area contributed by atoms with Crippen molar-refractivity contribution in [1.82, 2.24) is 0 Å². The molecule has 0 unspecified atom stereocenters. The molecule has 42 heavy (non-hydrogen) atoms. The van der Waals surface area contributed by atoms with Gasteiger partial charge < -0.3 is 9.64 Å². The van der Waals surface area contributed by atoms with E-state index in [4.69, 9.17) is 21.4 Å². The van der Waals surface area contributed by atoms with Crippen molar-refractivity contribution < 1.29 is 13.9 Å². The average Bonchev–Trinajstić information content (AvgIpc) is 3.67. The molecule has 4 aromatic rings. The SMILES string of the molecule is CC(=O)C1=NN(c2ccc(C)cc2)[C@H](c2cc(Cl)ccc2OCc2ccccc2F)N1c1ccc(N2CCCC2)cc1. The minimum absolute atomic E-state index is 0.0313. The van der Waals surface area contributed by atoms with E-state index in [-0.39, 0.29) is 18.2 Å². The average molecular weight is 583 g/mol. The zero-order valence-corrected chi connectivity index (χ0v) is 24.4. The van der Waals surface area contributed by atoms with Crippen molar-refractivity contribution in [3.63, 3.8) is 0 Å². The van der Waals surface area contributed by atoms with Crippen molar-refractivity contribution in [3.05, 3.63) is 119 Å². The number of anilines is 3. The highest BCUT2D eigenvalue weighted by Crippen LogP contribution is 2.43. The summed E-state index contributed by atoms with van der Waals surface area (Å²) < 4.78 is 20.7. The van der Waals surface area contributed by atoms with Gasteiger partial charge in [-0.15, -0.1) is 5.10 Å². The summed E-state index contributed by atoms with van der Waals surface area (Å²) in [6.45, 7) is 5.66. The first-order chi connectivity index (χ1) is 20.4. The van der Waals surface area contributed by atoms with Gasteiger partial charge >= 0.3 is 0 Å². The van der Waals surface area contributed by atoms with Crippen LogP contribution in [0.5, 0.6) is 5.75 Å². The highest BCUT2D eigenvalue weighted by atomic mass is 35.5. The van der Waals surface area contributed by atoms with Gasteiger partial charge in [-0.2, -0.15) is 0 Å². The Morgan fingerprint density at radius 3 is 2.29 bits per heavy atom. The molecule has 1 fully saturated rings. The summed E-state index contributed by atoms with van der Waals surface area (Å²) in [6, 6.07) is 28.1. The van der Waals surface area contributed by atoms with Gasteiger partial charge in [-0.05, 0) is 80.4 Å². The van der Waals surface area contributed by atoms with E-state index in [0.29, 0.717) is 27.7 Å². The van der Waals surface area contributed by atoms with Crippen molar-refractivity contribution in [2.24, 2.45) is 5.10 Å². The molecule has 1 atom stereocenters. The highest BCUT2D eigenvalue weighted by Gasteiger charge is 2.41. The fraction of sp³-hybridized carbons (Fsp3) is 0.235. The number of nitrogens with zero attached hydrogens (tertiary/aromatic N) is 4. The maximum Gasteiger partial charge on any atom is 0.198 e. The van der Waals surface area contributed by atoms with Gasteiger partial charge in [0.2, 0.25) is 0 Å². The molecule has 0 bridgehead atoms. The molecule has 2 heterocycles. The topological polar surface area (TPSA) is 48.4 Å². The lowest BCUT2D eigenvalue weighted by molar-refractivity contribution is -0.111. The predicted molar refractivity (Wildman–Crippen MR) is 167 cm³/mol. The number of carbonyl (C=O) groups excluding carboxylic acids is 1. The number of hydrogen-bond acceptors (Lipinski definition) is 6. The number of amidine groups is 1. The van der Waals surface area contributed by atoms with Crippen LogP contribution >= 0.6 is 11.6 Å². The molecule has 4 aromatic carbocycles. The number of benzene rings is 4. The molecule has 6 rings (SSSR count). The minimum Gasteiger partial charge on any atom is -0.488 e. The molecular weight excluding hydrogens is 551 g/mol. The van der Waals surface area contributed by atoms with Crippen LogP contribution < -0.4 is 19.5 Å². The molecule has 2 aliphatic heterocycles. The molecule has 0 radical (unpaired) electrons. The van der Waals surface area contributed by atoms with Crippen LogP contribution in [0.25, 0.3) is 0 Å². The Kier molecular flexibility index (Phi) is 7.85. The number of hydrazone groups is 1. The summed E-state index contributed by atoms with van der Waals surface area (Å²) >= 11 is 6.58. The second-order valence-electron chi connectivity index (χ2n) is 10.7. The third-order valence-electron chi connectivity index (χ3n) is 7.71. The normalized spacial score (nSPS) is 16.6. The first kappa shape index (κ1) is 27.8. The van der Waals surface area contributed by atoms with Crippen LogP contribution in [-0.4, -0.2) is 24.7 Å². The molecule has 0 aromatic heterocycles. The van der Waals surface area contributed by atoms with E-state index in [1.54, 1.807) is 30.3 Å². The Hall–Kier alpha value is -4.36. The first-order valence-corrected chi connectivity index (χ1v) is 14.5. The first-order valence-electron chi connectivity index (χ1n) is 14.1.